The number of carbonyl (C=O) groups excluding carboxylic acids is 2. The van der Waals surface area contributed by atoms with E-state index in [2.05, 4.69) is 29.6 Å². The van der Waals surface area contributed by atoms with Gasteiger partial charge in [-0.2, -0.15) is 0 Å². The van der Waals surface area contributed by atoms with Crippen LogP contribution in [0.25, 0.3) is 0 Å². The first kappa shape index (κ1) is 19.2. The molecule has 0 aliphatic heterocycles. The number of methoxy groups -OCH3 is 1. The lowest BCUT2D eigenvalue weighted by Gasteiger charge is -2.28. The summed E-state index contributed by atoms with van der Waals surface area (Å²) in [6.07, 6.45) is 3.01. The molecular formula is C19H29N3O3. The molecule has 2 rings (SSSR count). The summed E-state index contributed by atoms with van der Waals surface area (Å²) in [4.78, 5) is 26.8. The Morgan fingerprint density at radius 1 is 1.24 bits per heavy atom. The largest absolute Gasteiger partial charge is 0.468 e. The van der Waals surface area contributed by atoms with Crippen molar-refractivity contribution in [3.8, 4) is 0 Å². The third-order valence-electron chi connectivity index (χ3n) is 5.12. The predicted octanol–water partition coefficient (Wildman–Crippen LogP) is 1.90. The molecule has 1 fully saturated rings. The number of urea groups is 1. The Morgan fingerprint density at radius 3 is 2.48 bits per heavy atom. The van der Waals surface area contributed by atoms with Crippen molar-refractivity contribution in [2.24, 2.45) is 0 Å². The van der Waals surface area contributed by atoms with Gasteiger partial charge in [0.2, 0.25) is 0 Å². The first-order chi connectivity index (χ1) is 11.9. The molecule has 0 unspecified atom stereocenters. The van der Waals surface area contributed by atoms with Crippen LogP contribution in [0.4, 0.5) is 4.79 Å². The maximum absolute atomic E-state index is 12.3. The van der Waals surface area contributed by atoms with Crippen LogP contribution in [-0.4, -0.2) is 56.7 Å². The van der Waals surface area contributed by atoms with Gasteiger partial charge in [-0.3, -0.25) is 4.79 Å². The summed E-state index contributed by atoms with van der Waals surface area (Å²) in [5.74, 6) is -0.368. The molecule has 1 aromatic rings. The average Bonchev–Trinajstić information content (AvgIpc) is 3.08. The summed E-state index contributed by atoms with van der Waals surface area (Å²) >= 11 is 0. The zero-order chi connectivity index (χ0) is 18.4. The molecule has 0 aromatic heterocycles. The summed E-state index contributed by atoms with van der Waals surface area (Å²) in [6.45, 7) is 1.96. The third-order valence-corrected chi connectivity index (χ3v) is 5.12. The molecular weight excluding hydrogens is 318 g/mol. The Labute approximate surface area is 149 Å². The third kappa shape index (κ3) is 4.72. The standard InChI is InChI=1S/C19H29N3O3/c1-19(17(23)25-4,14-8-6-5-7-9-14)13-20-18(24)21-15-10-11-16(12-15)22(2)3/h5-9,15-16H,10-13H2,1-4H3,(H2,20,21,24)/t15-,16+,19-/m1/s1. The van der Waals surface area contributed by atoms with E-state index in [0.717, 1.165) is 24.8 Å². The van der Waals surface area contributed by atoms with Crippen molar-refractivity contribution in [1.82, 2.24) is 15.5 Å². The number of amides is 2. The molecule has 1 aliphatic rings. The molecule has 2 N–H and O–H groups in total. The van der Waals surface area contributed by atoms with Crippen LogP contribution in [0.2, 0.25) is 0 Å². The first-order valence-electron chi connectivity index (χ1n) is 8.71. The number of nitrogens with zero attached hydrogens (tertiary/aromatic N) is 1. The van der Waals surface area contributed by atoms with Crippen molar-refractivity contribution in [3.05, 3.63) is 35.9 Å². The monoisotopic (exact) mass is 347 g/mol. The van der Waals surface area contributed by atoms with Gasteiger partial charge in [-0.15, -0.1) is 0 Å². The molecule has 138 valence electrons. The molecule has 0 radical (unpaired) electrons. The summed E-state index contributed by atoms with van der Waals surface area (Å²) < 4.78 is 4.96. The van der Waals surface area contributed by atoms with Gasteiger partial charge >= 0.3 is 12.0 Å². The highest BCUT2D eigenvalue weighted by atomic mass is 16.5. The quantitative estimate of drug-likeness (QED) is 0.771. The van der Waals surface area contributed by atoms with Crippen LogP contribution in [0.5, 0.6) is 0 Å². The van der Waals surface area contributed by atoms with Crippen LogP contribution in [0.3, 0.4) is 0 Å². The van der Waals surface area contributed by atoms with Crippen LogP contribution in [0.15, 0.2) is 30.3 Å². The zero-order valence-corrected chi connectivity index (χ0v) is 15.5. The molecule has 1 saturated carbocycles. The van der Waals surface area contributed by atoms with Crippen LogP contribution < -0.4 is 10.6 Å². The molecule has 0 spiro atoms. The van der Waals surface area contributed by atoms with E-state index in [9.17, 15) is 9.59 Å². The number of nitrogens with one attached hydrogen (secondary N) is 2. The molecule has 6 nitrogen and oxygen atoms in total. The molecule has 1 aromatic carbocycles. The summed E-state index contributed by atoms with van der Waals surface area (Å²) in [5, 5.41) is 5.86. The van der Waals surface area contributed by atoms with Crippen molar-refractivity contribution in [1.29, 1.82) is 0 Å². The number of esters is 1. The van der Waals surface area contributed by atoms with Crippen molar-refractivity contribution in [3.63, 3.8) is 0 Å². The summed E-state index contributed by atoms with van der Waals surface area (Å²) in [5.41, 5.74) is -0.106. The van der Waals surface area contributed by atoms with Gasteiger partial charge in [-0.25, -0.2) is 4.79 Å². The molecule has 0 heterocycles. The fourth-order valence-corrected chi connectivity index (χ4v) is 3.37. The molecule has 1 aliphatic carbocycles. The minimum Gasteiger partial charge on any atom is -0.468 e. The molecule has 6 heteroatoms. The lowest BCUT2D eigenvalue weighted by Crippen LogP contribution is -2.49. The average molecular weight is 347 g/mol. The fraction of sp³-hybridized carbons (Fsp3) is 0.579. The number of ether oxygens (including phenoxy) is 1. The van der Waals surface area contributed by atoms with Crippen molar-refractivity contribution in [2.45, 2.75) is 43.7 Å². The van der Waals surface area contributed by atoms with E-state index >= 15 is 0 Å². The van der Waals surface area contributed by atoms with E-state index in [1.807, 2.05) is 30.3 Å². The second kappa shape index (κ2) is 8.34. The molecule has 3 atom stereocenters. The van der Waals surface area contributed by atoms with Crippen molar-refractivity contribution >= 4 is 12.0 Å². The predicted molar refractivity (Wildman–Crippen MR) is 97.5 cm³/mol. The molecule has 0 bridgehead atoms. The highest BCUT2D eigenvalue weighted by Gasteiger charge is 2.37. The first-order valence-corrected chi connectivity index (χ1v) is 8.71. The van der Waals surface area contributed by atoms with Gasteiger partial charge in [0, 0.05) is 18.6 Å². The SMILES string of the molecule is COC(=O)[C@](C)(CNC(=O)N[C@@H]1CC[C@H](N(C)C)C1)c1ccccc1. The van der Waals surface area contributed by atoms with E-state index in [1.165, 1.54) is 7.11 Å². The molecule has 2 amide bonds. The van der Waals surface area contributed by atoms with E-state index in [0.29, 0.717) is 6.04 Å². The topological polar surface area (TPSA) is 70.7 Å². The number of hydrogen-bond donors (Lipinski definition) is 2. The Hall–Kier alpha value is -2.08. The van der Waals surface area contributed by atoms with E-state index in [1.54, 1.807) is 6.92 Å². The second-order valence-electron chi connectivity index (χ2n) is 7.14. The minimum absolute atomic E-state index is 0.175. The van der Waals surface area contributed by atoms with Crippen LogP contribution in [0, 0.1) is 0 Å². The van der Waals surface area contributed by atoms with Crippen LogP contribution >= 0.6 is 0 Å². The number of benzene rings is 1. The fourth-order valence-electron chi connectivity index (χ4n) is 3.37. The van der Waals surface area contributed by atoms with Gasteiger partial charge in [-0.1, -0.05) is 30.3 Å². The normalized spacial score (nSPS) is 22.3. The van der Waals surface area contributed by atoms with Gasteiger partial charge < -0.3 is 20.3 Å². The van der Waals surface area contributed by atoms with Gasteiger partial charge in [0.05, 0.1) is 7.11 Å². The minimum atomic E-state index is -0.921. The Balaban J connectivity index is 1.95. The summed E-state index contributed by atoms with van der Waals surface area (Å²) in [7, 11) is 5.49. The van der Waals surface area contributed by atoms with E-state index < -0.39 is 5.41 Å². The van der Waals surface area contributed by atoms with Gasteiger partial charge in [0.25, 0.3) is 0 Å². The molecule has 25 heavy (non-hydrogen) atoms. The Morgan fingerprint density at radius 2 is 1.92 bits per heavy atom. The Bertz CT molecular complexity index is 591. The van der Waals surface area contributed by atoms with E-state index in [4.69, 9.17) is 4.74 Å². The second-order valence-corrected chi connectivity index (χ2v) is 7.14. The summed E-state index contributed by atoms with van der Waals surface area (Å²) in [6, 6.07) is 9.82. The maximum atomic E-state index is 12.3. The maximum Gasteiger partial charge on any atom is 0.317 e. The van der Waals surface area contributed by atoms with Gasteiger partial charge in [-0.05, 0) is 45.8 Å². The van der Waals surface area contributed by atoms with E-state index in [-0.39, 0.29) is 24.6 Å². The van der Waals surface area contributed by atoms with Crippen LogP contribution in [0.1, 0.15) is 31.7 Å². The highest BCUT2D eigenvalue weighted by Crippen LogP contribution is 2.25. The van der Waals surface area contributed by atoms with Crippen LogP contribution in [-0.2, 0) is 14.9 Å². The Kier molecular flexibility index (Phi) is 6.42. The zero-order valence-electron chi connectivity index (χ0n) is 15.5. The van der Waals surface area contributed by atoms with Crippen molar-refractivity contribution in [2.75, 3.05) is 27.7 Å². The number of hydrogen-bond acceptors (Lipinski definition) is 4. The number of rotatable bonds is 6. The van der Waals surface area contributed by atoms with Gasteiger partial charge in [0.15, 0.2) is 0 Å². The highest BCUT2D eigenvalue weighted by molar-refractivity contribution is 5.84. The van der Waals surface area contributed by atoms with Crippen molar-refractivity contribution < 1.29 is 14.3 Å². The number of carbonyl (C=O) groups is 2. The molecule has 0 saturated heterocycles. The lowest BCUT2D eigenvalue weighted by atomic mass is 9.82. The van der Waals surface area contributed by atoms with Gasteiger partial charge in [0.1, 0.15) is 5.41 Å². The lowest BCUT2D eigenvalue weighted by molar-refractivity contribution is -0.146. The smallest absolute Gasteiger partial charge is 0.317 e.